The lowest BCUT2D eigenvalue weighted by Crippen LogP contribution is -2.21. The van der Waals surface area contributed by atoms with Gasteiger partial charge in [-0.3, -0.25) is 0 Å². The van der Waals surface area contributed by atoms with Gasteiger partial charge in [0.05, 0.1) is 30.0 Å². The van der Waals surface area contributed by atoms with E-state index in [1.807, 2.05) is 0 Å². The molecule has 1 saturated carbocycles. The van der Waals surface area contributed by atoms with Gasteiger partial charge in [0.1, 0.15) is 10.8 Å². The number of urea groups is 1. The van der Waals surface area contributed by atoms with E-state index in [1.54, 1.807) is 10.7 Å². The molecule has 0 saturated heterocycles. The van der Waals surface area contributed by atoms with Crippen LogP contribution in [0.3, 0.4) is 0 Å². The van der Waals surface area contributed by atoms with Crippen molar-refractivity contribution < 1.29 is 18.0 Å². The van der Waals surface area contributed by atoms with Crippen LogP contribution in [0.1, 0.15) is 30.0 Å². The van der Waals surface area contributed by atoms with E-state index in [4.69, 9.17) is 11.6 Å². The van der Waals surface area contributed by atoms with Crippen molar-refractivity contribution in [1.29, 1.82) is 0 Å². The van der Waals surface area contributed by atoms with Crippen molar-refractivity contribution in [2.75, 3.05) is 10.6 Å². The predicted molar refractivity (Wildman–Crippen MR) is 91.9 cm³/mol. The molecular weight excluding hydrogens is 385 g/mol. The maximum absolute atomic E-state index is 12.5. The molecule has 1 aliphatic rings. The zero-order valence-electron chi connectivity index (χ0n) is 13.6. The van der Waals surface area contributed by atoms with Crippen molar-refractivity contribution in [3.63, 3.8) is 0 Å². The number of rotatable bonds is 3. The molecule has 140 valence electrons. The molecule has 2 N–H and O–H groups in total. The van der Waals surface area contributed by atoms with Crippen molar-refractivity contribution in [3.05, 3.63) is 47.1 Å². The van der Waals surface area contributed by atoms with Gasteiger partial charge in [0.25, 0.3) is 0 Å². The second-order valence-electron chi connectivity index (χ2n) is 6.09. The highest BCUT2D eigenvalue weighted by Crippen LogP contribution is 2.45. The van der Waals surface area contributed by atoms with Crippen LogP contribution in [0.2, 0.25) is 5.15 Å². The standard InChI is InChI=1S/C16H12ClF3N6O/c17-12-7-26-14(25-12)13(8-1-2-8)10(6-22-26)24-15(27)23-9-3-4-11(21-5-9)16(18,19)20/h3-8H,1-2H2,(H2,23,24,27). The lowest BCUT2D eigenvalue weighted by Gasteiger charge is -2.12. The molecule has 3 aromatic rings. The van der Waals surface area contributed by atoms with Gasteiger partial charge in [0.15, 0.2) is 5.65 Å². The number of carbonyl (C=O) groups excluding carboxylic acids is 1. The number of alkyl halides is 3. The Hall–Kier alpha value is -2.88. The van der Waals surface area contributed by atoms with Crippen LogP contribution < -0.4 is 10.6 Å². The van der Waals surface area contributed by atoms with Gasteiger partial charge in [0.2, 0.25) is 0 Å². The van der Waals surface area contributed by atoms with Crippen LogP contribution in [0.25, 0.3) is 5.65 Å². The van der Waals surface area contributed by atoms with Gasteiger partial charge in [-0.15, -0.1) is 0 Å². The van der Waals surface area contributed by atoms with E-state index in [9.17, 15) is 18.0 Å². The highest BCUT2D eigenvalue weighted by atomic mass is 35.5. The van der Waals surface area contributed by atoms with E-state index in [2.05, 4.69) is 25.7 Å². The van der Waals surface area contributed by atoms with E-state index in [0.29, 0.717) is 16.5 Å². The molecule has 0 radical (unpaired) electrons. The monoisotopic (exact) mass is 396 g/mol. The zero-order valence-corrected chi connectivity index (χ0v) is 14.3. The normalized spacial score (nSPS) is 14.4. The zero-order chi connectivity index (χ0) is 19.2. The SMILES string of the molecule is O=C(Nc1ccc(C(F)(F)F)nc1)Nc1cnn2cc(Cl)nc2c1C1CC1. The summed E-state index contributed by atoms with van der Waals surface area (Å²) >= 11 is 5.93. The van der Waals surface area contributed by atoms with E-state index in [1.165, 1.54) is 6.20 Å². The molecule has 3 aromatic heterocycles. The van der Waals surface area contributed by atoms with Crippen LogP contribution in [-0.4, -0.2) is 25.6 Å². The van der Waals surface area contributed by atoms with Crippen molar-refractivity contribution in [1.82, 2.24) is 19.6 Å². The number of aromatic nitrogens is 4. The first-order chi connectivity index (χ1) is 12.8. The summed E-state index contributed by atoms with van der Waals surface area (Å²) in [5, 5.41) is 9.57. The van der Waals surface area contributed by atoms with Gasteiger partial charge in [-0.1, -0.05) is 11.6 Å². The largest absolute Gasteiger partial charge is 0.433 e. The summed E-state index contributed by atoms with van der Waals surface area (Å²) in [4.78, 5) is 19.8. The fourth-order valence-corrected chi connectivity index (χ4v) is 2.89. The molecule has 0 spiro atoms. The topological polar surface area (TPSA) is 84.2 Å². The van der Waals surface area contributed by atoms with E-state index >= 15 is 0 Å². The summed E-state index contributed by atoms with van der Waals surface area (Å²) < 4.78 is 39.2. The minimum absolute atomic E-state index is 0.131. The number of anilines is 2. The van der Waals surface area contributed by atoms with Crippen LogP contribution in [0.5, 0.6) is 0 Å². The molecule has 1 fully saturated rings. The fourth-order valence-electron chi connectivity index (χ4n) is 2.72. The molecule has 3 heterocycles. The molecular formula is C16H12ClF3N6O. The highest BCUT2D eigenvalue weighted by Gasteiger charge is 2.32. The van der Waals surface area contributed by atoms with E-state index in [-0.39, 0.29) is 11.6 Å². The number of fused-ring (bicyclic) bond motifs is 1. The molecule has 27 heavy (non-hydrogen) atoms. The van der Waals surface area contributed by atoms with Crippen molar-refractivity contribution >= 4 is 34.7 Å². The minimum Gasteiger partial charge on any atom is -0.306 e. The molecule has 2 amide bonds. The Kier molecular flexibility index (Phi) is 4.14. The number of pyridine rings is 1. The molecule has 7 nitrogen and oxygen atoms in total. The minimum atomic E-state index is -4.54. The summed E-state index contributed by atoms with van der Waals surface area (Å²) in [7, 11) is 0. The van der Waals surface area contributed by atoms with Crippen molar-refractivity contribution in [2.24, 2.45) is 0 Å². The van der Waals surface area contributed by atoms with Crippen LogP contribution in [0.4, 0.5) is 29.3 Å². The molecule has 4 rings (SSSR count). The summed E-state index contributed by atoms with van der Waals surface area (Å²) in [5.41, 5.74) is 0.973. The molecule has 0 bridgehead atoms. The lowest BCUT2D eigenvalue weighted by molar-refractivity contribution is -0.141. The number of halogens is 4. The Morgan fingerprint density at radius 2 is 2.00 bits per heavy atom. The summed E-state index contributed by atoms with van der Waals surface area (Å²) in [5.74, 6) is 0.247. The highest BCUT2D eigenvalue weighted by molar-refractivity contribution is 6.29. The first-order valence-corrected chi connectivity index (χ1v) is 8.34. The molecule has 0 aromatic carbocycles. The number of hydrogen-bond donors (Lipinski definition) is 2. The van der Waals surface area contributed by atoms with Gasteiger partial charge in [-0.05, 0) is 30.9 Å². The van der Waals surface area contributed by atoms with Gasteiger partial charge in [-0.2, -0.15) is 18.3 Å². The van der Waals surface area contributed by atoms with Gasteiger partial charge in [-0.25, -0.2) is 19.3 Å². The maximum Gasteiger partial charge on any atom is 0.433 e. The summed E-state index contributed by atoms with van der Waals surface area (Å²) in [6.45, 7) is 0. The first-order valence-electron chi connectivity index (χ1n) is 7.96. The van der Waals surface area contributed by atoms with Crippen LogP contribution >= 0.6 is 11.6 Å². The average molecular weight is 397 g/mol. The third-order valence-corrected chi connectivity index (χ3v) is 4.23. The van der Waals surface area contributed by atoms with E-state index in [0.717, 1.165) is 36.7 Å². The fraction of sp³-hybridized carbons (Fsp3) is 0.250. The second-order valence-corrected chi connectivity index (χ2v) is 6.47. The number of nitrogens with one attached hydrogen (secondary N) is 2. The number of amides is 2. The second kappa shape index (κ2) is 6.38. The Morgan fingerprint density at radius 1 is 1.22 bits per heavy atom. The Bertz CT molecular complexity index is 1010. The van der Waals surface area contributed by atoms with Crippen molar-refractivity contribution in [3.8, 4) is 0 Å². The molecule has 1 aliphatic carbocycles. The molecule has 0 aliphatic heterocycles. The summed E-state index contributed by atoms with van der Waals surface area (Å²) in [6.07, 6.45) is 1.39. The van der Waals surface area contributed by atoms with Gasteiger partial charge < -0.3 is 10.6 Å². The molecule has 0 unspecified atom stereocenters. The van der Waals surface area contributed by atoms with Crippen molar-refractivity contribution in [2.45, 2.75) is 24.9 Å². The van der Waals surface area contributed by atoms with Gasteiger partial charge in [0, 0.05) is 5.56 Å². The maximum atomic E-state index is 12.5. The predicted octanol–water partition coefficient (Wildman–Crippen LogP) is 4.32. The van der Waals surface area contributed by atoms with Crippen LogP contribution in [0, 0.1) is 0 Å². The van der Waals surface area contributed by atoms with Crippen LogP contribution in [0.15, 0.2) is 30.7 Å². The van der Waals surface area contributed by atoms with Gasteiger partial charge >= 0.3 is 12.2 Å². The smallest absolute Gasteiger partial charge is 0.306 e. The quantitative estimate of drug-likeness (QED) is 0.690. The number of imidazole rings is 1. The Labute approximate surface area is 155 Å². The Balaban J connectivity index is 1.54. The third-order valence-electron chi connectivity index (χ3n) is 4.05. The molecule has 0 atom stereocenters. The third kappa shape index (κ3) is 3.65. The van der Waals surface area contributed by atoms with E-state index < -0.39 is 17.9 Å². The summed E-state index contributed by atoms with van der Waals surface area (Å²) in [6, 6.07) is 1.31. The first kappa shape index (κ1) is 17.5. The number of nitrogens with zero attached hydrogens (tertiary/aromatic N) is 4. The Morgan fingerprint density at radius 3 is 2.63 bits per heavy atom. The number of carbonyl (C=O) groups is 1. The van der Waals surface area contributed by atoms with Crippen LogP contribution in [-0.2, 0) is 6.18 Å². The lowest BCUT2D eigenvalue weighted by atomic mass is 10.1. The average Bonchev–Trinajstić information content (AvgIpc) is 3.35. The molecule has 11 heteroatoms. The number of hydrogen-bond acceptors (Lipinski definition) is 4.